The van der Waals surface area contributed by atoms with Crippen molar-refractivity contribution in [1.29, 1.82) is 0 Å². The van der Waals surface area contributed by atoms with Gasteiger partial charge in [-0.05, 0) is 63.0 Å². The highest BCUT2D eigenvalue weighted by Gasteiger charge is 2.36. The van der Waals surface area contributed by atoms with Crippen LogP contribution in [0.5, 0.6) is 0 Å². The van der Waals surface area contributed by atoms with E-state index in [1.807, 2.05) is 13.8 Å². The monoisotopic (exact) mass is 607 g/mol. The lowest BCUT2D eigenvalue weighted by atomic mass is 9.85. The van der Waals surface area contributed by atoms with Gasteiger partial charge in [0.1, 0.15) is 11.9 Å². The van der Waals surface area contributed by atoms with Crippen LogP contribution in [0.1, 0.15) is 93.4 Å². The highest BCUT2D eigenvalue weighted by atomic mass is 16.6. The van der Waals surface area contributed by atoms with Crippen LogP contribution in [-0.2, 0) is 33.4 Å². The van der Waals surface area contributed by atoms with E-state index in [1.54, 1.807) is 26.0 Å². The van der Waals surface area contributed by atoms with Crippen LogP contribution in [0.2, 0.25) is 0 Å². The molecule has 0 fully saturated rings. The number of ether oxygens (including phenoxy) is 2. The lowest BCUT2D eigenvalue weighted by Gasteiger charge is -2.27. The van der Waals surface area contributed by atoms with Crippen molar-refractivity contribution in [1.82, 2.24) is 0 Å². The second kappa shape index (κ2) is 18.0. The summed E-state index contributed by atoms with van der Waals surface area (Å²) in [7, 11) is 0. The van der Waals surface area contributed by atoms with Crippen LogP contribution in [0.4, 0.5) is 0 Å². The number of ketones is 2. The van der Waals surface area contributed by atoms with E-state index < -0.39 is 60.6 Å². The molecule has 0 bridgehead atoms. The van der Waals surface area contributed by atoms with E-state index in [9.17, 15) is 39.3 Å². The second-order valence-corrected chi connectivity index (χ2v) is 12.1. The third-order valence-electron chi connectivity index (χ3n) is 8.30. The SMILES string of the molecule is C=[13CH]/C(=C/C(=O)CC(C)CC(C)CCC(O)C(C)C(=O)CC(O)C(C)C(C)OC(=O)CC(O)C1=C(C)C(=O)OC1=O)CC. The number of carbonyl (C=O) groups excluding carboxylic acids is 5. The first-order valence-corrected chi connectivity index (χ1v) is 15.1. The smallest absolute Gasteiger partial charge is 0.345 e. The van der Waals surface area contributed by atoms with Gasteiger partial charge in [-0.25, -0.2) is 9.59 Å². The topological polar surface area (TPSA) is 164 Å². The molecule has 3 N–H and O–H groups in total. The van der Waals surface area contributed by atoms with E-state index in [-0.39, 0.29) is 41.0 Å². The Hall–Kier alpha value is -2.95. The van der Waals surface area contributed by atoms with Crippen LogP contribution < -0.4 is 0 Å². The predicted molar refractivity (Wildman–Crippen MR) is 160 cm³/mol. The maximum atomic E-state index is 12.8. The van der Waals surface area contributed by atoms with Gasteiger partial charge in [0.15, 0.2) is 5.78 Å². The fourth-order valence-corrected chi connectivity index (χ4v) is 5.10. The Balaban J connectivity index is 2.51. The Morgan fingerprint density at radius 3 is 2.07 bits per heavy atom. The number of aliphatic hydroxyl groups is 3. The average molecular weight is 608 g/mol. The predicted octanol–water partition coefficient (Wildman–Crippen LogP) is 3.95. The van der Waals surface area contributed by atoms with Crippen LogP contribution >= 0.6 is 0 Å². The molecule has 242 valence electrons. The van der Waals surface area contributed by atoms with Gasteiger partial charge in [0.05, 0.1) is 30.3 Å². The molecule has 0 aromatic carbocycles. The molecule has 0 saturated heterocycles. The summed E-state index contributed by atoms with van der Waals surface area (Å²) in [4.78, 5) is 60.6. The Bertz CT molecular complexity index is 1090. The first-order chi connectivity index (χ1) is 20.0. The third kappa shape index (κ3) is 12.3. The summed E-state index contributed by atoms with van der Waals surface area (Å²) < 4.78 is 9.71. The molecule has 8 unspecified atom stereocenters. The fraction of sp³-hybridized carbons (Fsp3) is 0.667. The summed E-state index contributed by atoms with van der Waals surface area (Å²) in [6, 6.07) is 0. The number of rotatable bonds is 20. The van der Waals surface area contributed by atoms with Crippen LogP contribution in [0.15, 0.2) is 35.5 Å². The Morgan fingerprint density at radius 2 is 1.53 bits per heavy atom. The van der Waals surface area contributed by atoms with Crippen molar-refractivity contribution in [3.63, 3.8) is 0 Å². The van der Waals surface area contributed by atoms with Crippen molar-refractivity contribution in [2.24, 2.45) is 23.7 Å². The minimum atomic E-state index is -1.58. The maximum absolute atomic E-state index is 12.8. The van der Waals surface area contributed by atoms with E-state index in [4.69, 9.17) is 4.74 Å². The van der Waals surface area contributed by atoms with Gasteiger partial charge in [-0.3, -0.25) is 14.4 Å². The van der Waals surface area contributed by atoms with E-state index in [1.165, 1.54) is 13.8 Å². The largest absolute Gasteiger partial charge is 0.462 e. The van der Waals surface area contributed by atoms with Crippen molar-refractivity contribution in [3.05, 3.63) is 35.5 Å². The third-order valence-corrected chi connectivity index (χ3v) is 8.30. The molecule has 8 atom stereocenters. The molecule has 0 aromatic rings. The van der Waals surface area contributed by atoms with Gasteiger partial charge in [-0.1, -0.05) is 47.3 Å². The number of hydrogen-bond donors (Lipinski definition) is 3. The first-order valence-electron chi connectivity index (χ1n) is 15.1. The second-order valence-electron chi connectivity index (χ2n) is 12.1. The Labute approximate surface area is 255 Å². The summed E-state index contributed by atoms with van der Waals surface area (Å²) in [5, 5.41) is 31.5. The van der Waals surface area contributed by atoms with E-state index in [2.05, 4.69) is 18.2 Å². The zero-order chi connectivity index (χ0) is 33.0. The number of cyclic esters (lactones) is 2. The maximum Gasteiger partial charge on any atom is 0.345 e. The fourth-order valence-electron chi connectivity index (χ4n) is 5.10. The van der Waals surface area contributed by atoms with Crippen molar-refractivity contribution < 1.29 is 48.8 Å². The van der Waals surface area contributed by atoms with Gasteiger partial charge < -0.3 is 24.8 Å². The summed E-state index contributed by atoms with van der Waals surface area (Å²) >= 11 is 0. The van der Waals surface area contributed by atoms with Gasteiger partial charge >= 0.3 is 17.9 Å². The van der Waals surface area contributed by atoms with Gasteiger partial charge in [0.2, 0.25) is 0 Å². The molecule has 10 heteroatoms. The molecule has 0 aliphatic carbocycles. The summed E-state index contributed by atoms with van der Waals surface area (Å²) in [6.45, 7) is 15.8. The minimum Gasteiger partial charge on any atom is -0.462 e. The van der Waals surface area contributed by atoms with E-state index in [0.717, 1.165) is 18.4 Å². The summed E-state index contributed by atoms with van der Waals surface area (Å²) in [5.74, 6) is -3.91. The van der Waals surface area contributed by atoms with Crippen molar-refractivity contribution >= 4 is 29.5 Å². The Morgan fingerprint density at radius 1 is 0.907 bits per heavy atom. The molecule has 1 aliphatic heterocycles. The zero-order valence-corrected chi connectivity index (χ0v) is 26.6. The number of esters is 3. The quantitative estimate of drug-likeness (QED) is 0.0607. The van der Waals surface area contributed by atoms with Crippen LogP contribution in [0.25, 0.3) is 0 Å². The van der Waals surface area contributed by atoms with Gasteiger partial charge in [0, 0.05) is 30.3 Å². The molecule has 1 heterocycles. The van der Waals surface area contributed by atoms with Gasteiger partial charge in [-0.2, -0.15) is 0 Å². The molecular weight excluding hydrogens is 557 g/mol. The van der Waals surface area contributed by atoms with Crippen LogP contribution in [0, 0.1) is 23.7 Å². The lowest BCUT2D eigenvalue weighted by Crippen LogP contribution is -2.36. The van der Waals surface area contributed by atoms with Gasteiger partial charge in [-0.15, -0.1) is 0 Å². The number of hydrogen-bond acceptors (Lipinski definition) is 10. The van der Waals surface area contributed by atoms with Crippen molar-refractivity contribution in [3.8, 4) is 0 Å². The number of allylic oxidation sites excluding steroid dienone is 3. The molecule has 0 amide bonds. The molecule has 10 nitrogen and oxygen atoms in total. The highest BCUT2D eigenvalue weighted by molar-refractivity contribution is 6.12. The van der Waals surface area contributed by atoms with E-state index in [0.29, 0.717) is 19.3 Å². The highest BCUT2D eigenvalue weighted by Crippen LogP contribution is 2.25. The molecule has 1 aliphatic rings. The van der Waals surface area contributed by atoms with Gasteiger partial charge in [0.25, 0.3) is 0 Å². The molecule has 0 saturated carbocycles. The lowest BCUT2D eigenvalue weighted by molar-refractivity contribution is -0.154. The molecule has 0 aromatic heterocycles. The number of Topliss-reactive ketones (excluding diaryl/α,β-unsaturated/α-hetero) is 1. The number of aliphatic hydroxyl groups excluding tert-OH is 3. The first kappa shape index (κ1) is 38.1. The summed E-state index contributed by atoms with van der Waals surface area (Å²) in [5.41, 5.74) is 0.552. The van der Waals surface area contributed by atoms with Crippen LogP contribution in [0.3, 0.4) is 0 Å². The van der Waals surface area contributed by atoms with Crippen molar-refractivity contribution in [2.45, 2.75) is 118 Å². The molecule has 0 spiro atoms. The molecule has 0 radical (unpaired) electrons. The zero-order valence-electron chi connectivity index (χ0n) is 26.6. The number of carbonyl (C=O) groups is 5. The standard InChI is InChI=1S/C33H50O10/c1-9-24(10-2)15-25(34)14-19(4)13-18(3)11-12-26(35)21(6)28(37)16-27(36)20(5)23(8)42-30(39)17-29(38)31-22(7)32(40)43-33(31)41/h9,15,18-21,23,26-27,29,35-36,38H,1,10-14,16-17H2,2-8H3/b24-15-/i9+1. The Kier molecular flexibility index (Phi) is 15.9. The normalized spacial score (nSPS) is 19.5. The van der Waals surface area contributed by atoms with Crippen molar-refractivity contribution in [2.75, 3.05) is 0 Å². The average Bonchev–Trinajstić information content (AvgIpc) is 3.19. The molecule has 43 heavy (non-hydrogen) atoms. The van der Waals surface area contributed by atoms with E-state index >= 15 is 0 Å². The molecular formula is C33H50O10. The summed E-state index contributed by atoms with van der Waals surface area (Å²) in [6.07, 6.45) is 1.16. The minimum absolute atomic E-state index is 0.0736. The van der Waals surface area contributed by atoms with Crippen LogP contribution in [-0.4, -0.2) is 69.2 Å². The molecule has 1 rings (SSSR count).